The van der Waals surface area contributed by atoms with Gasteiger partial charge in [-0.25, -0.2) is 4.79 Å². The van der Waals surface area contributed by atoms with Crippen LogP contribution in [0.15, 0.2) is 48.5 Å². The SMILES string of the molecule is COC(=O)c1ccccc1NC(=O)c1ccc(CNC(=O)C2CC2)cc1. The average Bonchev–Trinajstić information content (AvgIpc) is 3.51. The number of ether oxygens (including phenoxy) is 1. The Morgan fingerprint density at radius 3 is 2.38 bits per heavy atom. The van der Waals surface area contributed by atoms with Gasteiger partial charge < -0.3 is 15.4 Å². The minimum atomic E-state index is -0.511. The summed E-state index contributed by atoms with van der Waals surface area (Å²) in [6.07, 6.45) is 1.94. The second kappa shape index (κ2) is 7.82. The fraction of sp³-hybridized carbons (Fsp3) is 0.250. The van der Waals surface area contributed by atoms with Crippen LogP contribution < -0.4 is 10.6 Å². The third-order valence-corrected chi connectivity index (χ3v) is 4.21. The lowest BCUT2D eigenvalue weighted by Gasteiger charge is -2.10. The van der Waals surface area contributed by atoms with Gasteiger partial charge in [0.2, 0.25) is 5.91 Å². The van der Waals surface area contributed by atoms with Crippen LogP contribution >= 0.6 is 0 Å². The maximum Gasteiger partial charge on any atom is 0.339 e. The van der Waals surface area contributed by atoms with E-state index in [9.17, 15) is 14.4 Å². The average molecular weight is 352 g/mol. The van der Waals surface area contributed by atoms with Gasteiger partial charge in [0.05, 0.1) is 18.4 Å². The van der Waals surface area contributed by atoms with Crippen molar-refractivity contribution in [3.8, 4) is 0 Å². The van der Waals surface area contributed by atoms with E-state index in [0.717, 1.165) is 18.4 Å². The molecular formula is C20H20N2O4. The van der Waals surface area contributed by atoms with Crippen molar-refractivity contribution in [1.82, 2.24) is 5.32 Å². The van der Waals surface area contributed by atoms with Gasteiger partial charge >= 0.3 is 5.97 Å². The van der Waals surface area contributed by atoms with E-state index in [1.807, 2.05) is 0 Å². The molecule has 1 saturated carbocycles. The number of amides is 2. The molecule has 0 aromatic heterocycles. The van der Waals surface area contributed by atoms with Gasteiger partial charge in [-0.2, -0.15) is 0 Å². The summed E-state index contributed by atoms with van der Waals surface area (Å²) >= 11 is 0. The van der Waals surface area contributed by atoms with Gasteiger partial charge in [-0.1, -0.05) is 24.3 Å². The highest BCUT2D eigenvalue weighted by molar-refractivity contribution is 6.08. The minimum Gasteiger partial charge on any atom is -0.465 e. The maximum absolute atomic E-state index is 12.4. The van der Waals surface area contributed by atoms with E-state index in [1.165, 1.54) is 7.11 Å². The molecule has 3 rings (SSSR count). The molecule has 6 heteroatoms. The van der Waals surface area contributed by atoms with Crippen LogP contribution in [0.4, 0.5) is 5.69 Å². The molecule has 2 aromatic carbocycles. The summed E-state index contributed by atoms with van der Waals surface area (Å²) in [5, 5.41) is 5.61. The first kappa shape index (κ1) is 17.7. The molecule has 2 aromatic rings. The summed E-state index contributed by atoms with van der Waals surface area (Å²) in [6, 6.07) is 13.6. The molecular weight excluding hydrogens is 332 g/mol. The highest BCUT2D eigenvalue weighted by Crippen LogP contribution is 2.28. The molecule has 1 fully saturated rings. The molecule has 134 valence electrons. The molecule has 0 saturated heterocycles. The van der Waals surface area contributed by atoms with Crippen LogP contribution in [0.25, 0.3) is 0 Å². The van der Waals surface area contributed by atoms with Crippen LogP contribution in [-0.4, -0.2) is 24.9 Å². The van der Waals surface area contributed by atoms with Crippen molar-refractivity contribution < 1.29 is 19.1 Å². The molecule has 0 unspecified atom stereocenters. The van der Waals surface area contributed by atoms with Crippen LogP contribution in [-0.2, 0) is 16.1 Å². The molecule has 2 N–H and O–H groups in total. The fourth-order valence-electron chi connectivity index (χ4n) is 2.53. The van der Waals surface area contributed by atoms with Crippen molar-refractivity contribution in [2.45, 2.75) is 19.4 Å². The first-order valence-electron chi connectivity index (χ1n) is 8.44. The predicted molar refractivity (Wildman–Crippen MR) is 96.7 cm³/mol. The van der Waals surface area contributed by atoms with E-state index in [1.54, 1.807) is 48.5 Å². The zero-order valence-electron chi connectivity index (χ0n) is 14.5. The van der Waals surface area contributed by atoms with E-state index < -0.39 is 5.97 Å². The lowest BCUT2D eigenvalue weighted by Crippen LogP contribution is -2.24. The minimum absolute atomic E-state index is 0.0891. The molecule has 1 aliphatic carbocycles. The Labute approximate surface area is 151 Å². The number of para-hydroxylation sites is 1. The number of nitrogens with one attached hydrogen (secondary N) is 2. The Morgan fingerprint density at radius 2 is 1.73 bits per heavy atom. The van der Waals surface area contributed by atoms with Crippen molar-refractivity contribution >= 4 is 23.5 Å². The standard InChI is InChI=1S/C20H20N2O4/c1-26-20(25)16-4-2-3-5-17(16)22-19(24)15-8-6-13(7-9-15)12-21-18(23)14-10-11-14/h2-9,14H,10-12H2,1H3,(H,21,23)(H,22,24). The zero-order chi connectivity index (χ0) is 18.5. The molecule has 26 heavy (non-hydrogen) atoms. The normalized spacial score (nSPS) is 13.0. The Balaban J connectivity index is 1.63. The maximum atomic E-state index is 12.4. The molecule has 0 radical (unpaired) electrons. The molecule has 6 nitrogen and oxygen atoms in total. The molecule has 0 heterocycles. The summed E-state index contributed by atoms with van der Waals surface area (Å²) in [7, 11) is 1.29. The van der Waals surface area contributed by atoms with E-state index in [4.69, 9.17) is 4.74 Å². The van der Waals surface area contributed by atoms with Crippen molar-refractivity contribution in [3.05, 3.63) is 65.2 Å². The zero-order valence-corrected chi connectivity index (χ0v) is 14.5. The van der Waals surface area contributed by atoms with Crippen molar-refractivity contribution in [3.63, 3.8) is 0 Å². The van der Waals surface area contributed by atoms with Gasteiger partial charge in [-0.3, -0.25) is 9.59 Å². The third kappa shape index (κ3) is 4.27. The Hall–Kier alpha value is -3.15. The van der Waals surface area contributed by atoms with E-state index >= 15 is 0 Å². The molecule has 0 spiro atoms. The molecule has 0 aliphatic heterocycles. The van der Waals surface area contributed by atoms with Crippen LogP contribution in [0.5, 0.6) is 0 Å². The summed E-state index contributed by atoms with van der Waals surface area (Å²) in [4.78, 5) is 35.8. The summed E-state index contributed by atoms with van der Waals surface area (Å²) < 4.78 is 4.72. The highest BCUT2D eigenvalue weighted by atomic mass is 16.5. The lowest BCUT2D eigenvalue weighted by molar-refractivity contribution is -0.122. The number of anilines is 1. The smallest absolute Gasteiger partial charge is 0.339 e. The monoisotopic (exact) mass is 352 g/mol. The van der Waals surface area contributed by atoms with Gasteiger partial charge in [-0.15, -0.1) is 0 Å². The summed E-state index contributed by atoms with van der Waals surface area (Å²) in [5.41, 5.74) is 2.07. The number of hydrogen-bond acceptors (Lipinski definition) is 4. The third-order valence-electron chi connectivity index (χ3n) is 4.21. The van der Waals surface area contributed by atoms with Gasteiger partial charge in [-0.05, 0) is 42.7 Å². The van der Waals surface area contributed by atoms with E-state index in [0.29, 0.717) is 23.4 Å². The number of hydrogen-bond donors (Lipinski definition) is 2. The van der Waals surface area contributed by atoms with Crippen molar-refractivity contribution in [2.75, 3.05) is 12.4 Å². The van der Waals surface area contributed by atoms with Crippen LogP contribution in [0, 0.1) is 5.92 Å². The first-order valence-corrected chi connectivity index (χ1v) is 8.44. The molecule has 0 atom stereocenters. The Bertz CT molecular complexity index is 826. The molecule has 1 aliphatic rings. The van der Waals surface area contributed by atoms with Crippen LogP contribution in [0.2, 0.25) is 0 Å². The van der Waals surface area contributed by atoms with Gasteiger partial charge in [0.1, 0.15) is 0 Å². The predicted octanol–water partition coefficient (Wildman–Crippen LogP) is 2.75. The Kier molecular flexibility index (Phi) is 5.31. The first-order chi connectivity index (χ1) is 12.6. The quantitative estimate of drug-likeness (QED) is 0.783. The van der Waals surface area contributed by atoms with E-state index in [-0.39, 0.29) is 17.7 Å². The number of methoxy groups -OCH3 is 1. The van der Waals surface area contributed by atoms with Crippen molar-refractivity contribution in [1.29, 1.82) is 0 Å². The molecule has 0 bridgehead atoms. The topological polar surface area (TPSA) is 84.5 Å². The fourth-order valence-corrected chi connectivity index (χ4v) is 2.53. The number of carbonyl (C=O) groups excluding carboxylic acids is 3. The number of benzene rings is 2. The number of rotatable bonds is 6. The van der Waals surface area contributed by atoms with Crippen LogP contribution in [0.3, 0.4) is 0 Å². The summed E-state index contributed by atoms with van der Waals surface area (Å²) in [5.74, 6) is -0.571. The lowest BCUT2D eigenvalue weighted by atomic mass is 10.1. The van der Waals surface area contributed by atoms with Gasteiger partial charge in [0, 0.05) is 18.0 Å². The Morgan fingerprint density at radius 1 is 1.04 bits per heavy atom. The van der Waals surface area contributed by atoms with Gasteiger partial charge in [0.15, 0.2) is 0 Å². The number of carbonyl (C=O) groups is 3. The largest absolute Gasteiger partial charge is 0.465 e. The second-order valence-corrected chi connectivity index (χ2v) is 6.18. The number of esters is 1. The van der Waals surface area contributed by atoms with Crippen LogP contribution in [0.1, 0.15) is 39.1 Å². The van der Waals surface area contributed by atoms with Gasteiger partial charge in [0.25, 0.3) is 5.91 Å². The summed E-state index contributed by atoms with van der Waals surface area (Å²) in [6.45, 7) is 0.447. The second-order valence-electron chi connectivity index (χ2n) is 6.18. The van der Waals surface area contributed by atoms with Crippen molar-refractivity contribution in [2.24, 2.45) is 5.92 Å². The molecule has 2 amide bonds. The highest BCUT2D eigenvalue weighted by Gasteiger charge is 2.29. The van der Waals surface area contributed by atoms with E-state index in [2.05, 4.69) is 10.6 Å².